The molecule has 34 heavy (non-hydrogen) atoms. The molecule has 0 aromatic heterocycles. The van der Waals surface area contributed by atoms with E-state index in [-0.39, 0.29) is 5.41 Å². The molecule has 4 bridgehead atoms. The minimum Gasteiger partial charge on any atom is -0.508 e. The maximum absolute atomic E-state index is 13.7. The molecule has 1 aromatic carbocycles. The van der Waals surface area contributed by atoms with E-state index in [2.05, 4.69) is 26.8 Å². The first-order chi connectivity index (χ1) is 16.6. The van der Waals surface area contributed by atoms with Crippen LogP contribution in [0.5, 0.6) is 5.75 Å². The van der Waals surface area contributed by atoms with Gasteiger partial charge in [0.1, 0.15) is 5.75 Å². The highest BCUT2D eigenvalue weighted by atomic mass is 32.2. The lowest BCUT2D eigenvalue weighted by Gasteiger charge is -2.66. The van der Waals surface area contributed by atoms with Gasteiger partial charge in [0, 0.05) is 55.2 Å². The largest absolute Gasteiger partial charge is 0.508 e. The number of urea groups is 1. The number of phenolic OH excluding ortho intramolecular Hbond substituents is 1. The zero-order valence-electron chi connectivity index (χ0n) is 20.1. The first-order valence-electron chi connectivity index (χ1n) is 13.8. The third-order valence-electron chi connectivity index (χ3n) is 11.3. The van der Waals surface area contributed by atoms with E-state index >= 15 is 0 Å². The zero-order valence-corrected chi connectivity index (χ0v) is 20.9. The highest BCUT2D eigenvalue weighted by Crippen LogP contribution is 2.75. The number of thioether (sulfide) groups is 1. The summed E-state index contributed by atoms with van der Waals surface area (Å²) in [6.07, 6.45) is 8.94. The molecule has 5 unspecified atom stereocenters. The van der Waals surface area contributed by atoms with Crippen molar-refractivity contribution in [3.05, 3.63) is 29.3 Å². The van der Waals surface area contributed by atoms with Gasteiger partial charge in [-0.05, 0) is 97.9 Å². The third-order valence-corrected chi connectivity index (χ3v) is 12.2. The van der Waals surface area contributed by atoms with E-state index in [1.54, 1.807) is 0 Å². The number of amides is 2. The normalized spacial score (nSPS) is 42.5. The second-order valence-electron chi connectivity index (χ2n) is 12.5. The Labute approximate surface area is 207 Å². The smallest absolute Gasteiger partial charge is 0.320 e. The molecule has 0 radical (unpaired) electrons. The van der Waals surface area contributed by atoms with Crippen LogP contribution in [0.15, 0.2) is 18.2 Å². The molecule has 5 nitrogen and oxygen atoms in total. The van der Waals surface area contributed by atoms with Crippen molar-refractivity contribution in [2.45, 2.75) is 62.4 Å². The fraction of sp³-hybridized carbons (Fsp3) is 0.750. The topological polar surface area (TPSA) is 47.0 Å². The second-order valence-corrected chi connectivity index (χ2v) is 13.7. The predicted octanol–water partition coefficient (Wildman–Crippen LogP) is 3.94. The minimum atomic E-state index is 0.143. The highest BCUT2D eigenvalue weighted by Gasteiger charge is 2.76. The third kappa shape index (κ3) is 2.55. The molecular weight excluding hydrogens is 442 g/mol. The van der Waals surface area contributed by atoms with Crippen LogP contribution in [0.3, 0.4) is 0 Å². The Balaban J connectivity index is 1.22. The van der Waals surface area contributed by atoms with Crippen LogP contribution >= 0.6 is 11.8 Å². The van der Waals surface area contributed by atoms with Crippen molar-refractivity contribution in [1.29, 1.82) is 0 Å². The fourth-order valence-corrected chi connectivity index (χ4v) is 11.0. The van der Waals surface area contributed by atoms with Crippen LogP contribution in [0.4, 0.5) is 4.79 Å². The molecule has 3 saturated heterocycles. The van der Waals surface area contributed by atoms with Crippen molar-refractivity contribution >= 4 is 17.8 Å². The Morgan fingerprint density at radius 3 is 2.79 bits per heavy atom. The number of fused-ring (bicyclic) bond motifs is 1. The number of nitrogens with zero attached hydrogens (tertiary/aromatic N) is 3. The van der Waals surface area contributed by atoms with Gasteiger partial charge in [-0.2, -0.15) is 11.8 Å². The molecule has 0 spiro atoms. The molecule has 3 saturated carbocycles. The van der Waals surface area contributed by atoms with E-state index in [9.17, 15) is 9.90 Å². The molecule has 8 rings (SSSR count). The summed E-state index contributed by atoms with van der Waals surface area (Å²) in [6, 6.07) is 7.64. The van der Waals surface area contributed by atoms with Gasteiger partial charge in [0.05, 0.1) is 0 Å². The first kappa shape index (κ1) is 20.8. The number of carbonyl (C=O) groups is 1. The van der Waals surface area contributed by atoms with Crippen LogP contribution in [0.2, 0.25) is 0 Å². The quantitative estimate of drug-likeness (QED) is 0.698. The molecule has 7 aliphatic rings. The summed E-state index contributed by atoms with van der Waals surface area (Å²) >= 11 is 1.98. The zero-order chi connectivity index (χ0) is 22.7. The van der Waals surface area contributed by atoms with Crippen molar-refractivity contribution in [3.8, 4) is 5.75 Å². The molecule has 2 amide bonds. The first-order valence-corrected chi connectivity index (χ1v) is 15.0. The number of hydrogen-bond donors (Lipinski definition) is 1. The van der Waals surface area contributed by atoms with Gasteiger partial charge in [-0.3, -0.25) is 4.90 Å². The van der Waals surface area contributed by atoms with Gasteiger partial charge in [-0.15, -0.1) is 0 Å². The lowest BCUT2D eigenvalue weighted by molar-refractivity contribution is -0.102. The summed E-state index contributed by atoms with van der Waals surface area (Å²) in [5.41, 5.74) is 3.43. The minimum absolute atomic E-state index is 0.143. The van der Waals surface area contributed by atoms with Crippen LogP contribution in [0.25, 0.3) is 0 Å². The van der Waals surface area contributed by atoms with Crippen molar-refractivity contribution in [3.63, 3.8) is 0 Å². The lowest BCUT2D eigenvalue weighted by Crippen LogP contribution is -2.70. The Bertz CT molecular complexity index is 1040. The molecule has 6 atom stereocenters. The molecule has 3 aliphatic heterocycles. The number of benzene rings is 1. The van der Waals surface area contributed by atoms with Gasteiger partial charge >= 0.3 is 6.03 Å². The van der Waals surface area contributed by atoms with Gasteiger partial charge in [-0.25, -0.2) is 4.79 Å². The number of rotatable bonds is 2. The molecule has 6 heteroatoms. The van der Waals surface area contributed by atoms with E-state index in [4.69, 9.17) is 0 Å². The fourth-order valence-electron chi connectivity index (χ4n) is 10.1. The molecule has 182 valence electrons. The van der Waals surface area contributed by atoms with Crippen molar-refractivity contribution < 1.29 is 9.90 Å². The van der Waals surface area contributed by atoms with Crippen LogP contribution in [0, 0.1) is 23.2 Å². The van der Waals surface area contributed by atoms with E-state index < -0.39 is 0 Å². The summed E-state index contributed by atoms with van der Waals surface area (Å²) in [6.45, 7) is 5.28. The summed E-state index contributed by atoms with van der Waals surface area (Å²) in [5, 5.41) is 10.6. The van der Waals surface area contributed by atoms with Crippen molar-refractivity contribution in [2.75, 3.05) is 44.2 Å². The number of carbonyl (C=O) groups excluding carboxylic acids is 1. The van der Waals surface area contributed by atoms with E-state index in [0.29, 0.717) is 41.1 Å². The van der Waals surface area contributed by atoms with Gasteiger partial charge < -0.3 is 14.9 Å². The Hall–Kier alpha value is -1.40. The van der Waals surface area contributed by atoms with Crippen molar-refractivity contribution in [2.24, 2.45) is 23.2 Å². The van der Waals surface area contributed by atoms with E-state index in [1.165, 1.54) is 62.7 Å². The predicted molar refractivity (Wildman–Crippen MR) is 134 cm³/mol. The average Bonchev–Trinajstić information content (AvgIpc) is 3.55. The van der Waals surface area contributed by atoms with Crippen molar-refractivity contribution in [1.82, 2.24) is 14.7 Å². The summed E-state index contributed by atoms with van der Waals surface area (Å²) in [4.78, 5) is 21.1. The number of likely N-dealkylation sites (tertiary alicyclic amines) is 2. The van der Waals surface area contributed by atoms with E-state index in [0.717, 1.165) is 43.5 Å². The average molecular weight is 480 g/mol. The van der Waals surface area contributed by atoms with Gasteiger partial charge in [-0.1, -0.05) is 6.07 Å². The molecule has 3 heterocycles. The number of phenols is 1. The number of aromatic hydroxyl groups is 1. The second kappa shape index (κ2) is 7.09. The Morgan fingerprint density at radius 2 is 1.97 bits per heavy atom. The Kier molecular flexibility index (Phi) is 4.33. The van der Waals surface area contributed by atoms with E-state index in [1.807, 2.05) is 17.8 Å². The molecule has 4 aliphatic carbocycles. The van der Waals surface area contributed by atoms with Gasteiger partial charge in [0.2, 0.25) is 0 Å². The summed E-state index contributed by atoms with van der Waals surface area (Å²) < 4.78 is 0. The molecule has 1 aromatic rings. The standard InChI is InChI=1S/C28H37N3O2S/c32-21-4-3-19-13-24-27-6-5-23-25(20(15-27)17-31(23)26(33)29-9-11-34-12-10-29)28(27,22(19)14-21)7-8-30(24)16-18-1-2-18/h3-4,14,18,20,23-25,32H,1-2,5-13,15-17H2/t20-,23?,24?,25?,27?,28?/m1/s1. The van der Waals surface area contributed by atoms with Crippen LogP contribution < -0.4 is 0 Å². The SMILES string of the molecule is O=C(N1CCSCC1)N1C[C@H]2CC34CCC1C2C31CCN(CC2CC2)C4Cc2ccc(O)cc21. The van der Waals surface area contributed by atoms with Gasteiger partial charge in [0.15, 0.2) is 0 Å². The summed E-state index contributed by atoms with van der Waals surface area (Å²) in [7, 11) is 0. The Morgan fingerprint density at radius 1 is 1.12 bits per heavy atom. The van der Waals surface area contributed by atoms with Crippen LogP contribution in [-0.2, 0) is 11.8 Å². The highest BCUT2D eigenvalue weighted by molar-refractivity contribution is 7.99. The molecule has 1 N–H and O–H groups in total. The molecule has 6 fully saturated rings. The summed E-state index contributed by atoms with van der Waals surface area (Å²) in [5.74, 6) is 4.70. The monoisotopic (exact) mass is 479 g/mol. The number of hydrogen-bond acceptors (Lipinski definition) is 4. The lowest BCUT2D eigenvalue weighted by atomic mass is 9.43. The molecular formula is C28H37N3O2S. The maximum Gasteiger partial charge on any atom is 0.320 e. The van der Waals surface area contributed by atoms with Crippen LogP contribution in [0.1, 0.15) is 49.7 Å². The van der Waals surface area contributed by atoms with Crippen LogP contribution in [-0.4, -0.2) is 82.2 Å². The van der Waals surface area contributed by atoms with Gasteiger partial charge in [0.25, 0.3) is 0 Å². The maximum atomic E-state index is 13.7. The number of piperidine rings is 1.